The molecular weight excluding hydrogens is 211 g/mol. The van der Waals surface area contributed by atoms with Crippen LogP contribution in [0.3, 0.4) is 0 Å². The fourth-order valence-corrected chi connectivity index (χ4v) is 1.57. The van der Waals surface area contributed by atoms with E-state index in [1.54, 1.807) is 6.07 Å². The second-order valence-electron chi connectivity index (χ2n) is 3.54. The van der Waals surface area contributed by atoms with E-state index in [1.807, 2.05) is 6.92 Å². The van der Waals surface area contributed by atoms with Gasteiger partial charge in [0.1, 0.15) is 11.6 Å². The normalized spacial score (nSPS) is 10.3. The van der Waals surface area contributed by atoms with Gasteiger partial charge in [-0.2, -0.15) is 12.6 Å². The molecular formula is C12H17FOS. The Morgan fingerprint density at radius 3 is 2.73 bits per heavy atom. The van der Waals surface area contributed by atoms with Crippen LogP contribution in [-0.4, -0.2) is 12.4 Å². The Bertz CT molecular complexity index is 302. The molecule has 3 heteroatoms. The molecule has 1 nitrogen and oxygen atoms in total. The van der Waals surface area contributed by atoms with Crippen LogP contribution in [0, 0.1) is 12.7 Å². The van der Waals surface area contributed by atoms with E-state index in [1.165, 1.54) is 12.1 Å². The maximum absolute atomic E-state index is 12.8. The highest BCUT2D eigenvalue weighted by Crippen LogP contribution is 2.18. The first-order chi connectivity index (χ1) is 7.24. The van der Waals surface area contributed by atoms with Crippen molar-refractivity contribution >= 4 is 12.6 Å². The zero-order valence-electron chi connectivity index (χ0n) is 9.00. The lowest BCUT2D eigenvalue weighted by Gasteiger charge is -2.08. The van der Waals surface area contributed by atoms with Crippen molar-refractivity contribution in [2.45, 2.75) is 26.2 Å². The predicted molar refractivity (Wildman–Crippen MR) is 64.3 cm³/mol. The Hall–Kier alpha value is -0.700. The highest BCUT2D eigenvalue weighted by molar-refractivity contribution is 7.80. The van der Waals surface area contributed by atoms with E-state index < -0.39 is 0 Å². The van der Waals surface area contributed by atoms with Gasteiger partial charge in [0.05, 0.1) is 6.61 Å². The standard InChI is InChI=1S/C12H17FOS/c1-10-9-11(13)5-6-12(10)14-7-3-2-4-8-15/h5-6,9,15H,2-4,7-8H2,1H3. The summed E-state index contributed by atoms with van der Waals surface area (Å²) in [7, 11) is 0. The van der Waals surface area contributed by atoms with Gasteiger partial charge in [-0.3, -0.25) is 0 Å². The molecule has 0 fully saturated rings. The summed E-state index contributed by atoms with van der Waals surface area (Å²) in [6, 6.07) is 4.60. The summed E-state index contributed by atoms with van der Waals surface area (Å²) < 4.78 is 18.3. The number of aryl methyl sites for hydroxylation is 1. The van der Waals surface area contributed by atoms with Crippen molar-refractivity contribution < 1.29 is 9.13 Å². The molecule has 0 saturated heterocycles. The third-order valence-electron chi connectivity index (χ3n) is 2.20. The quantitative estimate of drug-likeness (QED) is 0.578. The Balaban J connectivity index is 2.31. The molecule has 0 saturated carbocycles. The fourth-order valence-electron chi connectivity index (χ4n) is 1.35. The largest absolute Gasteiger partial charge is 0.493 e. The minimum absolute atomic E-state index is 0.213. The molecule has 1 aromatic carbocycles. The molecule has 0 aliphatic rings. The number of hydrogen-bond donors (Lipinski definition) is 1. The molecule has 0 unspecified atom stereocenters. The Morgan fingerprint density at radius 1 is 1.27 bits per heavy atom. The fraction of sp³-hybridized carbons (Fsp3) is 0.500. The van der Waals surface area contributed by atoms with Gasteiger partial charge in [0, 0.05) is 0 Å². The molecule has 0 aliphatic heterocycles. The lowest BCUT2D eigenvalue weighted by Crippen LogP contribution is -1.99. The monoisotopic (exact) mass is 228 g/mol. The summed E-state index contributed by atoms with van der Waals surface area (Å²) in [5.41, 5.74) is 0.851. The summed E-state index contributed by atoms with van der Waals surface area (Å²) in [4.78, 5) is 0. The van der Waals surface area contributed by atoms with E-state index in [0.29, 0.717) is 6.61 Å². The van der Waals surface area contributed by atoms with Crippen LogP contribution < -0.4 is 4.74 Å². The summed E-state index contributed by atoms with van der Waals surface area (Å²) in [6.45, 7) is 2.55. The van der Waals surface area contributed by atoms with E-state index in [9.17, 15) is 4.39 Å². The number of halogens is 1. The topological polar surface area (TPSA) is 9.23 Å². The smallest absolute Gasteiger partial charge is 0.123 e. The van der Waals surface area contributed by atoms with Crippen molar-refractivity contribution in [2.75, 3.05) is 12.4 Å². The van der Waals surface area contributed by atoms with Crippen molar-refractivity contribution in [1.29, 1.82) is 0 Å². The lowest BCUT2D eigenvalue weighted by molar-refractivity contribution is 0.304. The van der Waals surface area contributed by atoms with Crippen LogP contribution in [0.25, 0.3) is 0 Å². The first-order valence-corrected chi connectivity index (χ1v) is 5.87. The van der Waals surface area contributed by atoms with Crippen molar-refractivity contribution in [2.24, 2.45) is 0 Å². The average Bonchev–Trinajstić information content (AvgIpc) is 2.20. The highest BCUT2D eigenvalue weighted by Gasteiger charge is 2.00. The molecule has 0 aromatic heterocycles. The molecule has 0 amide bonds. The van der Waals surface area contributed by atoms with Gasteiger partial charge in [0.15, 0.2) is 0 Å². The Morgan fingerprint density at radius 2 is 2.07 bits per heavy atom. The van der Waals surface area contributed by atoms with E-state index in [4.69, 9.17) is 4.74 Å². The van der Waals surface area contributed by atoms with Gasteiger partial charge in [-0.1, -0.05) is 0 Å². The van der Waals surface area contributed by atoms with E-state index in [-0.39, 0.29) is 5.82 Å². The van der Waals surface area contributed by atoms with Gasteiger partial charge >= 0.3 is 0 Å². The number of rotatable bonds is 6. The zero-order chi connectivity index (χ0) is 11.1. The van der Waals surface area contributed by atoms with Crippen LogP contribution in [-0.2, 0) is 0 Å². The molecule has 1 aromatic rings. The van der Waals surface area contributed by atoms with Crippen LogP contribution in [0.5, 0.6) is 5.75 Å². The number of ether oxygens (including phenoxy) is 1. The molecule has 0 bridgehead atoms. The SMILES string of the molecule is Cc1cc(F)ccc1OCCCCCS. The van der Waals surface area contributed by atoms with E-state index >= 15 is 0 Å². The predicted octanol–water partition coefficient (Wildman–Crippen LogP) is 3.61. The van der Waals surface area contributed by atoms with Gasteiger partial charge in [-0.15, -0.1) is 0 Å². The van der Waals surface area contributed by atoms with Crippen LogP contribution >= 0.6 is 12.6 Å². The first kappa shape index (κ1) is 12.4. The van der Waals surface area contributed by atoms with Crippen LogP contribution in [0.1, 0.15) is 24.8 Å². The summed E-state index contributed by atoms with van der Waals surface area (Å²) >= 11 is 4.14. The number of hydrogen-bond acceptors (Lipinski definition) is 2. The van der Waals surface area contributed by atoms with Crippen LogP contribution in [0.4, 0.5) is 4.39 Å². The summed E-state index contributed by atoms with van der Waals surface area (Å²) in [5.74, 6) is 1.49. The van der Waals surface area contributed by atoms with Gasteiger partial charge < -0.3 is 4.74 Å². The number of unbranched alkanes of at least 4 members (excludes halogenated alkanes) is 2. The van der Waals surface area contributed by atoms with Gasteiger partial charge in [-0.05, 0) is 55.7 Å². The van der Waals surface area contributed by atoms with Gasteiger partial charge in [0.25, 0.3) is 0 Å². The molecule has 0 atom stereocenters. The summed E-state index contributed by atoms with van der Waals surface area (Å²) in [5, 5.41) is 0. The minimum atomic E-state index is -0.213. The molecule has 0 spiro atoms. The zero-order valence-corrected chi connectivity index (χ0v) is 9.90. The first-order valence-electron chi connectivity index (χ1n) is 5.24. The average molecular weight is 228 g/mol. The number of thiol groups is 1. The molecule has 0 N–H and O–H groups in total. The molecule has 0 aliphatic carbocycles. The second-order valence-corrected chi connectivity index (χ2v) is 3.99. The van der Waals surface area contributed by atoms with Gasteiger partial charge in [-0.25, -0.2) is 4.39 Å². The van der Waals surface area contributed by atoms with E-state index in [0.717, 1.165) is 36.3 Å². The molecule has 1 rings (SSSR count). The second kappa shape index (κ2) is 6.72. The van der Waals surface area contributed by atoms with E-state index in [2.05, 4.69) is 12.6 Å². The van der Waals surface area contributed by atoms with Crippen molar-refractivity contribution in [3.8, 4) is 5.75 Å². The third kappa shape index (κ3) is 4.56. The Labute approximate surface area is 96.1 Å². The van der Waals surface area contributed by atoms with Crippen molar-refractivity contribution in [3.05, 3.63) is 29.6 Å². The number of benzene rings is 1. The maximum Gasteiger partial charge on any atom is 0.123 e. The molecule has 15 heavy (non-hydrogen) atoms. The lowest BCUT2D eigenvalue weighted by atomic mass is 10.2. The minimum Gasteiger partial charge on any atom is -0.493 e. The molecule has 0 radical (unpaired) electrons. The Kier molecular flexibility index (Phi) is 5.54. The summed E-state index contributed by atoms with van der Waals surface area (Å²) in [6.07, 6.45) is 3.27. The van der Waals surface area contributed by atoms with Crippen LogP contribution in [0.15, 0.2) is 18.2 Å². The molecule has 84 valence electrons. The van der Waals surface area contributed by atoms with Crippen LogP contribution in [0.2, 0.25) is 0 Å². The third-order valence-corrected chi connectivity index (χ3v) is 2.51. The highest BCUT2D eigenvalue weighted by atomic mass is 32.1. The molecule has 0 heterocycles. The van der Waals surface area contributed by atoms with Crippen molar-refractivity contribution in [1.82, 2.24) is 0 Å². The van der Waals surface area contributed by atoms with Crippen molar-refractivity contribution in [3.63, 3.8) is 0 Å². The maximum atomic E-state index is 12.8. The van der Waals surface area contributed by atoms with Gasteiger partial charge in [0.2, 0.25) is 0 Å².